The number of halogens is 2. The van der Waals surface area contributed by atoms with Crippen LogP contribution in [0.2, 0.25) is 0 Å². The standard InChI is InChI=1S/C22H16BrFN2O2/c23-16-8-11-19-18(12-16)21(14-4-2-1-3-5-14)26(13-20(27)25-19)22(28)15-6-9-17(24)10-7-15/h1-12,21H,13H2,(H,25,27). The van der Waals surface area contributed by atoms with E-state index in [0.717, 1.165) is 15.6 Å². The Kier molecular flexibility index (Phi) is 4.96. The van der Waals surface area contributed by atoms with E-state index in [4.69, 9.17) is 0 Å². The zero-order valence-corrected chi connectivity index (χ0v) is 16.3. The molecule has 1 unspecified atom stereocenters. The molecule has 1 aliphatic heterocycles. The van der Waals surface area contributed by atoms with Gasteiger partial charge in [0.25, 0.3) is 5.91 Å². The van der Waals surface area contributed by atoms with E-state index in [9.17, 15) is 14.0 Å². The third-order valence-corrected chi connectivity index (χ3v) is 5.17. The number of benzene rings is 3. The molecule has 4 nitrogen and oxygen atoms in total. The van der Waals surface area contributed by atoms with Crippen molar-refractivity contribution in [3.8, 4) is 0 Å². The van der Waals surface area contributed by atoms with Crippen LogP contribution in [0.25, 0.3) is 0 Å². The lowest BCUT2D eigenvalue weighted by Gasteiger charge is -2.30. The van der Waals surface area contributed by atoms with Crippen LogP contribution in [0.5, 0.6) is 0 Å². The van der Waals surface area contributed by atoms with E-state index in [-0.39, 0.29) is 18.4 Å². The number of carbonyl (C=O) groups is 2. The Labute approximate surface area is 170 Å². The highest BCUT2D eigenvalue weighted by Gasteiger charge is 2.34. The van der Waals surface area contributed by atoms with Gasteiger partial charge in [0.05, 0.1) is 6.04 Å². The van der Waals surface area contributed by atoms with Crippen molar-refractivity contribution in [2.24, 2.45) is 0 Å². The lowest BCUT2D eigenvalue weighted by molar-refractivity contribution is -0.117. The van der Waals surface area contributed by atoms with Crippen molar-refractivity contribution in [3.63, 3.8) is 0 Å². The lowest BCUT2D eigenvalue weighted by Crippen LogP contribution is -2.39. The summed E-state index contributed by atoms with van der Waals surface area (Å²) in [5.74, 6) is -1.03. The largest absolute Gasteiger partial charge is 0.324 e. The number of nitrogens with zero attached hydrogens (tertiary/aromatic N) is 1. The normalized spacial score (nSPS) is 16.1. The minimum Gasteiger partial charge on any atom is -0.324 e. The number of amides is 2. The predicted molar refractivity (Wildman–Crippen MR) is 108 cm³/mol. The van der Waals surface area contributed by atoms with E-state index in [1.807, 2.05) is 48.5 Å². The summed E-state index contributed by atoms with van der Waals surface area (Å²) >= 11 is 3.48. The highest BCUT2D eigenvalue weighted by molar-refractivity contribution is 9.10. The van der Waals surface area contributed by atoms with Gasteiger partial charge in [0.15, 0.2) is 0 Å². The number of anilines is 1. The summed E-state index contributed by atoms with van der Waals surface area (Å²) in [6.07, 6.45) is 0. The Morgan fingerprint density at radius 1 is 1.04 bits per heavy atom. The SMILES string of the molecule is O=C1CN(C(=O)c2ccc(F)cc2)C(c2ccccc2)c2cc(Br)ccc2N1. The fourth-order valence-electron chi connectivity index (χ4n) is 3.42. The van der Waals surface area contributed by atoms with Gasteiger partial charge in [0.1, 0.15) is 12.4 Å². The van der Waals surface area contributed by atoms with Crippen molar-refractivity contribution in [2.45, 2.75) is 6.04 Å². The molecule has 1 N–H and O–H groups in total. The molecule has 3 aromatic carbocycles. The van der Waals surface area contributed by atoms with Gasteiger partial charge < -0.3 is 10.2 Å². The van der Waals surface area contributed by atoms with Gasteiger partial charge in [-0.3, -0.25) is 9.59 Å². The molecule has 1 heterocycles. The molecule has 0 radical (unpaired) electrons. The lowest BCUT2D eigenvalue weighted by atomic mass is 9.95. The van der Waals surface area contributed by atoms with Crippen molar-refractivity contribution in [3.05, 3.63) is 99.8 Å². The number of hydrogen-bond donors (Lipinski definition) is 1. The average Bonchev–Trinajstić information content (AvgIpc) is 2.84. The first kappa shape index (κ1) is 18.4. The van der Waals surface area contributed by atoms with Gasteiger partial charge in [-0.25, -0.2) is 4.39 Å². The molecule has 4 rings (SSSR count). The maximum absolute atomic E-state index is 13.3. The van der Waals surface area contributed by atoms with E-state index < -0.39 is 11.9 Å². The Morgan fingerprint density at radius 2 is 1.75 bits per heavy atom. The molecule has 0 saturated heterocycles. The van der Waals surface area contributed by atoms with Gasteiger partial charge >= 0.3 is 0 Å². The molecule has 0 saturated carbocycles. The average molecular weight is 439 g/mol. The zero-order valence-electron chi connectivity index (χ0n) is 14.7. The monoisotopic (exact) mass is 438 g/mol. The van der Waals surface area contributed by atoms with Crippen LogP contribution < -0.4 is 5.32 Å². The van der Waals surface area contributed by atoms with Gasteiger partial charge in [-0.15, -0.1) is 0 Å². The second kappa shape index (κ2) is 7.56. The van der Waals surface area contributed by atoms with Crippen molar-refractivity contribution in [2.75, 3.05) is 11.9 Å². The predicted octanol–water partition coefficient (Wildman–Crippen LogP) is 4.77. The summed E-state index contributed by atoms with van der Waals surface area (Å²) in [6.45, 7) is -0.109. The van der Waals surface area contributed by atoms with Crippen LogP contribution in [0.4, 0.5) is 10.1 Å². The van der Waals surface area contributed by atoms with Crippen LogP contribution in [0, 0.1) is 5.82 Å². The molecular weight excluding hydrogens is 423 g/mol. The van der Waals surface area contributed by atoms with Crippen molar-refractivity contribution < 1.29 is 14.0 Å². The summed E-state index contributed by atoms with van der Waals surface area (Å²) in [5.41, 5.74) is 2.68. The summed E-state index contributed by atoms with van der Waals surface area (Å²) < 4.78 is 14.2. The molecule has 0 bridgehead atoms. The van der Waals surface area contributed by atoms with Gasteiger partial charge in [0.2, 0.25) is 5.91 Å². The summed E-state index contributed by atoms with van der Waals surface area (Å²) in [5, 5.41) is 2.88. The Hall–Kier alpha value is -2.99. The third-order valence-electron chi connectivity index (χ3n) is 4.68. The Morgan fingerprint density at radius 3 is 2.46 bits per heavy atom. The van der Waals surface area contributed by atoms with Crippen LogP contribution in [0.1, 0.15) is 27.5 Å². The summed E-state index contributed by atoms with van der Waals surface area (Å²) in [4.78, 5) is 27.4. The van der Waals surface area contributed by atoms with Gasteiger partial charge in [-0.2, -0.15) is 0 Å². The molecule has 0 aromatic heterocycles. The Balaban J connectivity index is 1.88. The molecule has 0 aliphatic carbocycles. The van der Waals surface area contributed by atoms with Crippen molar-refractivity contribution in [1.82, 2.24) is 4.90 Å². The number of rotatable bonds is 2. The molecule has 1 atom stereocenters. The van der Waals surface area contributed by atoms with Crippen LogP contribution in [0.3, 0.4) is 0 Å². The number of nitrogens with one attached hydrogen (secondary N) is 1. The quantitative estimate of drug-likeness (QED) is 0.626. The van der Waals surface area contributed by atoms with E-state index >= 15 is 0 Å². The molecule has 28 heavy (non-hydrogen) atoms. The van der Waals surface area contributed by atoms with E-state index in [1.54, 1.807) is 0 Å². The zero-order chi connectivity index (χ0) is 19.7. The fourth-order valence-corrected chi connectivity index (χ4v) is 3.80. The third kappa shape index (κ3) is 3.55. The van der Waals surface area contributed by atoms with Gasteiger partial charge in [-0.05, 0) is 48.0 Å². The Bertz CT molecular complexity index is 1040. The van der Waals surface area contributed by atoms with Crippen LogP contribution in [-0.4, -0.2) is 23.3 Å². The fraction of sp³-hybridized carbons (Fsp3) is 0.0909. The number of fused-ring (bicyclic) bond motifs is 1. The summed E-state index contributed by atoms with van der Waals surface area (Å²) in [7, 11) is 0. The van der Waals surface area contributed by atoms with Gasteiger partial charge in [-0.1, -0.05) is 46.3 Å². The molecule has 140 valence electrons. The second-order valence-electron chi connectivity index (χ2n) is 6.53. The van der Waals surface area contributed by atoms with E-state index in [0.29, 0.717) is 11.3 Å². The van der Waals surface area contributed by atoms with Crippen LogP contribution in [-0.2, 0) is 4.79 Å². The topological polar surface area (TPSA) is 49.4 Å². The van der Waals surface area contributed by atoms with Crippen molar-refractivity contribution >= 4 is 33.4 Å². The molecule has 0 spiro atoms. The van der Waals surface area contributed by atoms with Crippen LogP contribution in [0.15, 0.2) is 77.3 Å². The maximum Gasteiger partial charge on any atom is 0.255 e. The maximum atomic E-state index is 13.3. The highest BCUT2D eigenvalue weighted by atomic mass is 79.9. The van der Waals surface area contributed by atoms with Crippen molar-refractivity contribution in [1.29, 1.82) is 0 Å². The van der Waals surface area contributed by atoms with E-state index in [2.05, 4.69) is 21.2 Å². The minimum atomic E-state index is -0.467. The molecule has 3 aromatic rings. The number of hydrogen-bond acceptors (Lipinski definition) is 2. The molecule has 0 fully saturated rings. The minimum absolute atomic E-state index is 0.109. The van der Waals surface area contributed by atoms with Gasteiger partial charge in [0, 0.05) is 21.3 Å². The first-order valence-electron chi connectivity index (χ1n) is 8.74. The second-order valence-corrected chi connectivity index (χ2v) is 7.45. The molecule has 1 aliphatic rings. The van der Waals surface area contributed by atoms with Crippen LogP contribution >= 0.6 is 15.9 Å². The smallest absolute Gasteiger partial charge is 0.255 e. The summed E-state index contributed by atoms with van der Waals surface area (Å²) in [6, 6.07) is 20.0. The number of carbonyl (C=O) groups excluding carboxylic acids is 2. The van der Waals surface area contributed by atoms with E-state index in [1.165, 1.54) is 29.2 Å². The molecular formula is C22H16BrFN2O2. The molecule has 2 amide bonds. The first-order valence-corrected chi connectivity index (χ1v) is 9.53. The molecule has 6 heteroatoms. The highest BCUT2D eigenvalue weighted by Crippen LogP contribution is 2.37. The first-order chi connectivity index (χ1) is 13.5.